The van der Waals surface area contributed by atoms with Crippen molar-refractivity contribution in [1.29, 1.82) is 0 Å². The van der Waals surface area contributed by atoms with Crippen LogP contribution in [0.25, 0.3) is 0 Å². The Balaban J connectivity index is 1.65. The Bertz CT molecular complexity index is 775. The molecule has 0 bridgehead atoms. The zero-order valence-electron chi connectivity index (χ0n) is 17.1. The molecule has 1 spiro atoms. The third kappa shape index (κ3) is 4.81. The van der Waals surface area contributed by atoms with Crippen LogP contribution >= 0.6 is 0 Å². The molecule has 0 aliphatic carbocycles. The SMILES string of the molecule is CC(C)(C)OC(=O)N1CC[C@@]2(CN(C(=O)OCc3ccccc3)C[C@@H]2C(=O)O)C1. The third-order valence-corrected chi connectivity index (χ3v) is 5.45. The Morgan fingerprint density at radius 3 is 2.38 bits per heavy atom. The van der Waals surface area contributed by atoms with Crippen LogP contribution in [-0.4, -0.2) is 64.8 Å². The first-order chi connectivity index (χ1) is 13.6. The van der Waals surface area contributed by atoms with Crippen LogP contribution in [0, 0.1) is 11.3 Å². The van der Waals surface area contributed by atoms with Crippen LogP contribution in [0.4, 0.5) is 9.59 Å². The fraction of sp³-hybridized carbons (Fsp3) is 0.571. The highest BCUT2D eigenvalue weighted by atomic mass is 16.6. The van der Waals surface area contributed by atoms with Crippen LogP contribution in [0.15, 0.2) is 30.3 Å². The number of nitrogens with zero attached hydrogens (tertiary/aromatic N) is 2. The van der Waals surface area contributed by atoms with Crippen LogP contribution in [0.1, 0.15) is 32.8 Å². The highest BCUT2D eigenvalue weighted by Crippen LogP contribution is 2.44. The first-order valence-electron chi connectivity index (χ1n) is 9.76. The molecule has 0 aromatic heterocycles. The quantitative estimate of drug-likeness (QED) is 0.832. The first-order valence-corrected chi connectivity index (χ1v) is 9.76. The van der Waals surface area contributed by atoms with E-state index in [0.717, 1.165) is 5.56 Å². The molecule has 1 N–H and O–H groups in total. The van der Waals surface area contributed by atoms with Crippen molar-refractivity contribution in [2.45, 2.75) is 39.4 Å². The van der Waals surface area contributed by atoms with E-state index < -0.39 is 35.1 Å². The highest BCUT2D eigenvalue weighted by molar-refractivity contribution is 5.76. The van der Waals surface area contributed by atoms with Crippen LogP contribution in [0.5, 0.6) is 0 Å². The Morgan fingerprint density at radius 1 is 1.10 bits per heavy atom. The summed E-state index contributed by atoms with van der Waals surface area (Å²) in [4.78, 5) is 39.8. The van der Waals surface area contributed by atoms with E-state index in [-0.39, 0.29) is 26.2 Å². The molecule has 2 amide bonds. The summed E-state index contributed by atoms with van der Waals surface area (Å²) in [7, 11) is 0. The van der Waals surface area contributed by atoms with Gasteiger partial charge in [-0.1, -0.05) is 30.3 Å². The Kier molecular flexibility index (Phi) is 5.73. The predicted molar refractivity (Wildman–Crippen MR) is 104 cm³/mol. The number of carbonyl (C=O) groups is 3. The number of hydrogen-bond donors (Lipinski definition) is 1. The maximum Gasteiger partial charge on any atom is 0.410 e. The van der Waals surface area contributed by atoms with Crippen LogP contribution in [-0.2, 0) is 20.9 Å². The molecule has 1 aromatic carbocycles. The lowest BCUT2D eigenvalue weighted by Crippen LogP contribution is -2.41. The second-order valence-corrected chi connectivity index (χ2v) is 8.83. The number of ether oxygens (including phenoxy) is 2. The zero-order chi connectivity index (χ0) is 21.2. The van der Waals surface area contributed by atoms with Crippen molar-refractivity contribution in [3.8, 4) is 0 Å². The van der Waals surface area contributed by atoms with Gasteiger partial charge < -0.3 is 24.4 Å². The molecule has 0 radical (unpaired) electrons. The number of carboxylic acid groups (broad SMARTS) is 1. The van der Waals surface area contributed by atoms with Crippen molar-refractivity contribution >= 4 is 18.2 Å². The molecule has 8 nitrogen and oxygen atoms in total. The Hall–Kier alpha value is -2.77. The molecule has 8 heteroatoms. The fourth-order valence-electron chi connectivity index (χ4n) is 4.05. The number of carboxylic acids is 1. The smallest absolute Gasteiger partial charge is 0.410 e. The maximum absolute atomic E-state index is 12.5. The van der Waals surface area contributed by atoms with E-state index in [4.69, 9.17) is 9.47 Å². The predicted octanol–water partition coefficient (Wildman–Crippen LogP) is 2.97. The number of benzene rings is 1. The average Bonchev–Trinajstić information content (AvgIpc) is 3.24. The fourth-order valence-corrected chi connectivity index (χ4v) is 4.05. The molecule has 158 valence electrons. The van der Waals surface area contributed by atoms with Gasteiger partial charge in [-0.05, 0) is 32.8 Å². The molecule has 2 atom stereocenters. The molecule has 2 aliphatic rings. The molecule has 1 aromatic rings. The molecule has 0 unspecified atom stereocenters. The second kappa shape index (κ2) is 7.93. The van der Waals surface area contributed by atoms with Crippen molar-refractivity contribution in [3.63, 3.8) is 0 Å². The minimum absolute atomic E-state index is 0.0745. The van der Waals surface area contributed by atoms with E-state index in [0.29, 0.717) is 13.0 Å². The monoisotopic (exact) mass is 404 g/mol. The van der Waals surface area contributed by atoms with Crippen molar-refractivity contribution in [2.24, 2.45) is 11.3 Å². The summed E-state index contributed by atoms with van der Waals surface area (Å²) >= 11 is 0. The lowest BCUT2D eigenvalue weighted by atomic mass is 9.77. The Labute approximate surface area is 170 Å². The van der Waals surface area contributed by atoms with E-state index in [1.807, 2.05) is 30.3 Å². The van der Waals surface area contributed by atoms with Gasteiger partial charge in [0.25, 0.3) is 0 Å². The van der Waals surface area contributed by atoms with E-state index in [1.165, 1.54) is 4.90 Å². The summed E-state index contributed by atoms with van der Waals surface area (Å²) < 4.78 is 10.8. The van der Waals surface area contributed by atoms with Crippen molar-refractivity contribution in [1.82, 2.24) is 9.80 Å². The molecule has 2 saturated heterocycles. The summed E-state index contributed by atoms with van der Waals surface area (Å²) in [6.07, 6.45) is -0.484. The van der Waals surface area contributed by atoms with E-state index >= 15 is 0 Å². The van der Waals surface area contributed by atoms with Crippen molar-refractivity contribution in [2.75, 3.05) is 26.2 Å². The van der Waals surface area contributed by atoms with Gasteiger partial charge in [-0.25, -0.2) is 9.59 Å². The van der Waals surface area contributed by atoms with Gasteiger partial charge in [0.1, 0.15) is 12.2 Å². The van der Waals surface area contributed by atoms with Gasteiger partial charge in [-0.2, -0.15) is 0 Å². The topological polar surface area (TPSA) is 96.4 Å². The van der Waals surface area contributed by atoms with Crippen LogP contribution in [0.2, 0.25) is 0 Å². The zero-order valence-corrected chi connectivity index (χ0v) is 17.1. The average molecular weight is 404 g/mol. The van der Waals surface area contributed by atoms with Crippen molar-refractivity contribution in [3.05, 3.63) is 35.9 Å². The summed E-state index contributed by atoms with van der Waals surface area (Å²) in [6, 6.07) is 9.31. The minimum Gasteiger partial charge on any atom is -0.481 e. The number of likely N-dealkylation sites (tertiary alicyclic amines) is 2. The molecule has 0 saturated carbocycles. The van der Waals surface area contributed by atoms with Crippen LogP contribution in [0.3, 0.4) is 0 Å². The third-order valence-electron chi connectivity index (χ3n) is 5.45. The molecule has 2 aliphatic heterocycles. The minimum atomic E-state index is -0.964. The largest absolute Gasteiger partial charge is 0.481 e. The van der Waals surface area contributed by atoms with E-state index in [9.17, 15) is 19.5 Å². The van der Waals surface area contributed by atoms with Crippen molar-refractivity contribution < 1.29 is 29.0 Å². The van der Waals surface area contributed by atoms with E-state index in [2.05, 4.69) is 0 Å². The number of rotatable bonds is 3. The molecule has 29 heavy (non-hydrogen) atoms. The lowest BCUT2D eigenvalue weighted by molar-refractivity contribution is -0.144. The molecule has 2 fully saturated rings. The van der Waals surface area contributed by atoms with Gasteiger partial charge in [0.2, 0.25) is 0 Å². The van der Waals surface area contributed by atoms with Gasteiger partial charge in [-0.3, -0.25) is 4.79 Å². The standard InChI is InChI=1S/C21H28N2O6/c1-20(2,3)29-19(27)22-10-9-21(13-22)14-23(11-16(21)17(24)25)18(26)28-12-15-7-5-4-6-8-15/h4-8,16H,9-14H2,1-3H3,(H,24,25)/t16-,21+/m1/s1. The summed E-state index contributed by atoms with van der Waals surface area (Å²) in [5.74, 6) is -1.71. The number of amides is 2. The first kappa shape index (κ1) is 21.0. The Morgan fingerprint density at radius 2 is 1.76 bits per heavy atom. The lowest BCUT2D eigenvalue weighted by Gasteiger charge is -2.29. The highest BCUT2D eigenvalue weighted by Gasteiger charge is 2.56. The van der Waals surface area contributed by atoms with Gasteiger partial charge in [0, 0.05) is 31.6 Å². The molecule has 3 rings (SSSR count). The molecular formula is C21H28N2O6. The van der Waals surface area contributed by atoms with Gasteiger partial charge in [0.05, 0.1) is 5.92 Å². The number of aliphatic carboxylic acids is 1. The van der Waals surface area contributed by atoms with E-state index in [1.54, 1.807) is 25.7 Å². The number of hydrogen-bond acceptors (Lipinski definition) is 5. The van der Waals surface area contributed by atoms with Gasteiger partial charge in [-0.15, -0.1) is 0 Å². The summed E-state index contributed by atoms with van der Waals surface area (Å²) in [5.41, 5.74) is -0.447. The maximum atomic E-state index is 12.5. The van der Waals surface area contributed by atoms with Gasteiger partial charge >= 0.3 is 18.2 Å². The van der Waals surface area contributed by atoms with Crippen LogP contribution < -0.4 is 0 Å². The molecular weight excluding hydrogens is 376 g/mol. The molecule has 2 heterocycles. The normalized spacial score (nSPS) is 24.0. The summed E-state index contributed by atoms with van der Waals surface area (Å²) in [6.45, 7) is 6.48. The summed E-state index contributed by atoms with van der Waals surface area (Å²) in [5, 5.41) is 9.74. The second-order valence-electron chi connectivity index (χ2n) is 8.83. The van der Waals surface area contributed by atoms with Gasteiger partial charge in [0.15, 0.2) is 0 Å². The number of carbonyl (C=O) groups excluding carboxylic acids is 2.